The first-order valence-electron chi connectivity index (χ1n) is 6.97. The lowest BCUT2D eigenvalue weighted by Gasteiger charge is -2.34. The van der Waals surface area contributed by atoms with Crippen molar-refractivity contribution in [1.82, 2.24) is 9.88 Å². The first-order chi connectivity index (χ1) is 9.90. The van der Waals surface area contributed by atoms with E-state index in [9.17, 15) is 14.9 Å². The number of anilines is 1. The molecule has 21 heavy (non-hydrogen) atoms. The minimum atomic E-state index is -0.430. The molecule has 1 unspecified atom stereocenters. The van der Waals surface area contributed by atoms with Gasteiger partial charge in [-0.25, -0.2) is 4.98 Å². The van der Waals surface area contributed by atoms with Crippen LogP contribution in [0.4, 0.5) is 11.5 Å². The summed E-state index contributed by atoms with van der Waals surface area (Å²) in [6, 6.07) is 1.72. The molecule has 1 atom stereocenters. The summed E-state index contributed by atoms with van der Waals surface area (Å²) in [6.45, 7) is 3.14. The first-order valence-corrected chi connectivity index (χ1v) is 6.97. The summed E-state index contributed by atoms with van der Waals surface area (Å²) in [7, 11) is 3.52. The molecule has 0 spiro atoms. The molecule has 1 fully saturated rings. The number of nitro groups is 1. The largest absolute Gasteiger partial charge is 0.356 e. The van der Waals surface area contributed by atoms with Crippen molar-refractivity contribution in [2.75, 3.05) is 32.1 Å². The third-order valence-electron chi connectivity index (χ3n) is 3.80. The molecule has 0 aliphatic carbocycles. The number of nitrogens with zero attached hydrogens (tertiary/aromatic N) is 4. The van der Waals surface area contributed by atoms with Gasteiger partial charge < -0.3 is 9.80 Å². The molecule has 0 radical (unpaired) electrons. The molecule has 1 amide bonds. The van der Waals surface area contributed by atoms with Crippen LogP contribution in [0.1, 0.15) is 18.4 Å². The number of hydrogen-bond donors (Lipinski definition) is 0. The number of aryl methyl sites for hydroxylation is 1. The maximum Gasteiger partial charge on any atom is 0.290 e. The van der Waals surface area contributed by atoms with E-state index in [-0.39, 0.29) is 17.5 Å². The summed E-state index contributed by atoms with van der Waals surface area (Å²) >= 11 is 0. The third kappa shape index (κ3) is 3.29. The molecule has 7 heteroatoms. The van der Waals surface area contributed by atoms with Crippen LogP contribution < -0.4 is 4.90 Å². The molecule has 114 valence electrons. The van der Waals surface area contributed by atoms with E-state index in [4.69, 9.17) is 0 Å². The number of piperidine rings is 1. The fraction of sp³-hybridized carbons (Fsp3) is 0.571. The van der Waals surface area contributed by atoms with E-state index in [0.717, 1.165) is 19.4 Å². The summed E-state index contributed by atoms with van der Waals surface area (Å²) in [5, 5.41) is 10.8. The molecule has 2 rings (SSSR count). The quantitative estimate of drug-likeness (QED) is 0.624. The van der Waals surface area contributed by atoms with Crippen molar-refractivity contribution in [2.45, 2.75) is 19.8 Å². The average Bonchev–Trinajstić information content (AvgIpc) is 2.46. The van der Waals surface area contributed by atoms with Gasteiger partial charge in [0.1, 0.15) is 12.0 Å². The number of carbonyl (C=O) groups excluding carboxylic acids is 1. The van der Waals surface area contributed by atoms with Crippen molar-refractivity contribution in [3.8, 4) is 0 Å². The summed E-state index contributed by atoms with van der Waals surface area (Å²) < 4.78 is 0. The average molecular weight is 292 g/mol. The van der Waals surface area contributed by atoms with E-state index in [0.29, 0.717) is 17.9 Å². The third-order valence-corrected chi connectivity index (χ3v) is 3.80. The Hall–Kier alpha value is -2.18. The topological polar surface area (TPSA) is 79.6 Å². The predicted molar refractivity (Wildman–Crippen MR) is 79.3 cm³/mol. The maximum absolute atomic E-state index is 12.1. The van der Waals surface area contributed by atoms with Gasteiger partial charge in [0.2, 0.25) is 5.91 Å². The minimum Gasteiger partial charge on any atom is -0.356 e. The van der Waals surface area contributed by atoms with Crippen LogP contribution in [0.2, 0.25) is 0 Å². The number of pyridine rings is 1. The second-order valence-electron chi connectivity index (χ2n) is 5.60. The van der Waals surface area contributed by atoms with Crippen molar-refractivity contribution < 1.29 is 9.72 Å². The highest BCUT2D eigenvalue weighted by molar-refractivity contribution is 5.79. The lowest BCUT2D eigenvalue weighted by molar-refractivity contribution is -0.385. The van der Waals surface area contributed by atoms with Gasteiger partial charge in [-0.2, -0.15) is 0 Å². The Morgan fingerprint density at radius 2 is 2.24 bits per heavy atom. The van der Waals surface area contributed by atoms with Crippen LogP contribution in [0.3, 0.4) is 0 Å². The Bertz CT molecular complexity index is 559. The molecule has 0 bridgehead atoms. The second-order valence-corrected chi connectivity index (χ2v) is 5.60. The lowest BCUT2D eigenvalue weighted by Crippen LogP contribution is -2.43. The van der Waals surface area contributed by atoms with E-state index >= 15 is 0 Å². The van der Waals surface area contributed by atoms with E-state index in [1.165, 1.54) is 6.20 Å². The zero-order valence-corrected chi connectivity index (χ0v) is 12.6. The van der Waals surface area contributed by atoms with Gasteiger partial charge in [-0.3, -0.25) is 14.9 Å². The summed E-state index contributed by atoms with van der Waals surface area (Å²) in [6.07, 6.45) is 3.09. The molecule has 0 N–H and O–H groups in total. The zero-order valence-electron chi connectivity index (χ0n) is 12.6. The smallest absolute Gasteiger partial charge is 0.290 e. The highest BCUT2D eigenvalue weighted by Crippen LogP contribution is 2.26. The van der Waals surface area contributed by atoms with Crippen LogP contribution in [0.25, 0.3) is 0 Å². The van der Waals surface area contributed by atoms with Gasteiger partial charge in [0.25, 0.3) is 5.69 Å². The Morgan fingerprint density at radius 1 is 1.52 bits per heavy atom. The normalized spacial score (nSPS) is 18.4. The van der Waals surface area contributed by atoms with E-state index < -0.39 is 4.92 Å². The van der Waals surface area contributed by atoms with Gasteiger partial charge in [-0.1, -0.05) is 0 Å². The molecule has 1 saturated heterocycles. The van der Waals surface area contributed by atoms with E-state index in [1.807, 2.05) is 4.90 Å². The Morgan fingerprint density at radius 3 is 2.81 bits per heavy atom. The van der Waals surface area contributed by atoms with Gasteiger partial charge >= 0.3 is 0 Å². The van der Waals surface area contributed by atoms with Gasteiger partial charge in [-0.15, -0.1) is 0 Å². The number of amides is 1. The van der Waals surface area contributed by atoms with Crippen LogP contribution in [-0.2, 0) is 4.79 Å². The molecule has 1 aromatic heterocycles. The Kier molecular flexibility index (Phi) is 4.40. The second kappa shape index (κ2) is 6.07. The number of carbonyl (C=O) groups is 1. The molecule has 2 heterocycles. The summed E-state index contributed by atoms with van der Waals surface area (Å²) in [5.74, 6) is 0.790. The number of hydrogen-bond acceptors (Lipinski definition) is 5. The molecule has 1 aromatic rings. The maximum atomic E-state index is 12.1. The molecule has 1 aliphatic rings. The van der Waals surface area contributed by atoms with Crippen LogP contribution in [-0.4, -0.2) is 47.9 Å². The number of aromatic nitrogens is 1. The van der Waals surface area contributed by atoms with Crippen LogP contribution >= 0.6 is 0 Å². The van der Waals surface area contributed by atoms with Crippen LogP contribution in [0.5, 0.6) is 0 Å². The fourth-order valence-electron chi connectivity index (χ4n) is 2.65. The minimum absolute atomic E-state index is 0.0247. The highest BCUT2D eigenvalue weighted by Gasteiger charge is 2.28. The molecule has 0 aromatic carbocycles. The molecule has 1 aliphatic heterocycles. The molecule has 0 saturated carbocycles. The van der Waals surface area contributed by atoms with Crippen LogP contribution in [0, 0.1) is 23.0 Å². The zero-order chi connectivity index (χ0) is 15.6. The highest BCUT2D eigenvalue weighted by atomic mass is 16.6. The van der Waals surface area contributed by atoms with Crippen LogP contribution in [0.15, 0.2) is 12.3 Å². The van der Waals surface area contributed by atoms with E-state index in [2.05, 4.69) is 4.98 Å². The summed E-state index contributed by atoms with van der Waals surface area (Å²) in [5.41, 5.74) is 0.614. The fourth-order valence-corrected chi connectivity index (χ4v) is 2.65. The summed E-state index contributed by atoms with van der Waals surface area (Å²) in [4.78, 5) is 30.3. The van der Waals surface area contributed by atoms with E-state index in [1.54, 1.807) is 32.0 Å². The van der Waals surface area contributed by atoms with Gasteiger partial charge in [0.05, 0.1) is 10.8 Å². The van der Waals surface area contributed by atoms with Crippen molar-refractivity contribution >= 4 is 17.4 Å². The standard InChI is InChI=1S/C14H20N4O3/c1-10-7-13(15-8-12(10)18(20)21)17-6-4-5-11(9-17)14(19)16(2)3/h7-8,11H,4-6,9H2,1-3H3. The molecular formula is C14H20N4O3. The van der Waals surface area contributed by atoms with Gasteiger partial charge in [-0.05, 0) is 25.8 Å². The molecule has 7 nitrogen and oxygen atoms in total. The van der Waals surface area contributed by atoms with Crippen molar-refractivity contribution in [1.29, 1.82) is 0 Å². The number of rotatable bonds is 3. The van der Waals surface area contributed by atoms with Crippen molar-refractivity contribution in [3.63, 3.8) is 0 Å². The Balaban J connectivity index is 2.16. The Labute approximate surface area is 123 Å². The van der Waals surface area contributed by atoms with Crippen molar-refractivity contribution in [2.24, 2.45) is 5.92 Å². The SMILES string of the molecule is Cc1cc(N2CCCC(C(=O)N(C)C)C2)ncc1[N+](=O)[O-]. The van der Waals surface area contributed by atoms with Crippen molar-refractivity contribution in [3.05, 3.63) is 27.9 Å². The predicted octanol–water partition coefficient (Wildman–Crippen LogP) is 1.60. The lowest BCUT2D eigenvalue weighted by atomic mass is 9.96. The first kappa shape index (κ1) is 15.2. The monoisotopic (exact) mass is 292 g/mol. The van der Waals surface area contributed by atoms with Gasteiger partial charge in [0.15, 0.2) is 0 Å². The molecular weight excluding hydrogens is 272 g/mol. The van der Waals surface area contributed by atoms with Gasteiger partial charge in [0, 0.05) is 32.7 Å².